The van der Waals surface area contributed by atoms with Crippen molar-refractivity contribution in [3.8, 4) is 5.75 Å². The summed E-state index contributed by atoms with van der Waals surface area (Å²) in [6.07, 6.45) is -2.19. The molecule has 0 aliphatic rings. The van der Waals surface area contributed by atoms with Gasteiger partial charge in [0.2, 0.25) is 47.3 Å². The molecule has 0 bridgehead atoms. The molecule has 1 aromatic heterocycles. The number of para-hydroxylation sites is 1. The number of nitrogens with one attached hydrogen (secondary N) is 10. The lowest BCUT2D eigenvalue weighted by atomic mass is 10.0. The average Bonchev–Trinajstić information content (AvgIpc) is 1.76. The minimum absolute atomic E-state index is 0.0217. The van der Waals surface area contributed by atoms with E-state index < -0.39 is 132 Å². The van der Waals surface area contributed by atoms with Crippen LogP contribution in [0.15, 0.2) is 115 Å². The molecule has 0 saturated carbocycles. The van der Waals surface area contributed by atoms with Crippen molar-refractivity contribution >= 4 is 82.3 Å². The Morgan fingerprint density at radius 2 is 0.968 bits per heavy atom. The highest BCUT2D eigenvalue weighted by Crippen LogP contribution is 2.21. The predicted molar refractivity (Wildman–Crippen MR) is 342 cm³/mol. The number of amides is 10. The van der Waals surface area contributed by atoms with Gasteiger partial charge in [-0.3, -0.25) is 47.9 Å². The van der Waals surface area contributed by atoms with Crippen LogP contribution in [0.2, 0.25) is 0 Å². The second-order valence-corrected chi connectivity index (χ2v) is 24.1. The summed E-state index contributed by atoms with van der Waals surface area (Å²) >= 11 is 0. The third-order valence-electron chi connectivity index (χ3n) is 13.9. The van der Waals surface area contributed by atoms with Crippen molar-refractivity contribution < 1.29 is 82.0 Å². The average molecular weight is 1300 g/mol. The lowest BCUT2D eigenvalue weighted by molar-refractivity contribution is -0.156. The maximum Gasteiger partial charge on any atom is 0.408 e. The van der Waals surface area contributed by atoms with Crippen molar-refractivity contribution in [1.29, 1.82) is 0 Å². The number of carboxylic acid groups (broad SMARTS) is 1. The number of benzene rings is 4. The number of carboxylic acids is 1. The Morgan fingerprint density at radius 1 is 0.500 bits per heavy atom. The molecule has 94 heavy (non-hydrogen) atoms. The molecule has 506 valence electrons. The van der Waals surface area contributed by atoms with Crippen LogP contribution in [0.3, 0.4) is 0 Å². The zero-order valence-corrected chi connectivity index (χ0v) is 53.4. The van der Waals surface area contributed by atoms with Crippen molar-refractivity contribution in [3.63, 3.8) is 0 Å². The van der Waals surface area contributed by atoms with Crippen LogP contribution in [-0.4, -0.2) is 154 Å². The molecule has 0 aliphatic heterocycles. The van der Waals surface area contributed by atoms with Crippen LogP contribution in [0.4, 0.5) is 9.59 Å². The predicted octanol–water partition coefficient (Wildman–Crippen LogP) is 3.02. The van der Waals surface area contributed by atoms with Crippen LogP contribution in [0, 0.1) is 0 Å². The first-order valence-corrected chi connectivity index (χ1v) is 30.6. The third-order valence-corrected chi connectivity index (χ3v) is 13.9. The van der Waals surface area contributed by atoms with E-state index in [1.54, 1.807) is 114 Å². The number of H-pyrrole nitrogens is 1. The Labute approximate surface area is 543 Å². The van der Waals surface area contributed by atoms with Crippen molar-refractivity contribution in [2.75, 3.05) is 19.6 Å². The molecule has 1 heterocycles. The molecular weight excluding hydrogens is 1220 g/mol. The SMILES string of the molecule is CC(C)(C)OC(=O)C[C@H](NC(=O)[C@H](CCCNC(=O)CCC(=O)NCCC[C@H](NC(=O)[C@H](Cc1ccc(O)cc1)NC(=O)OC(C)(C)C)C(=O)NCC(=O)O)NC(=O)[C@H](Cc1c[nH]c2ccccc12)NC(=O)OCc1ccccc1)C(=O)N[C@@H](Cc1ccccc1)C(N)=O. The van der Waals surface area contributed by atoms with Gasteiger partial charge in [0, 0.05) is 62.3 Å². The summed E-state index contributed by atoms with van der Waals surface area (Å²) in [5, 5.41) is 42.7. The van der Waals surface area contributed by atoms with Gasteiger partial charge in [-0.15, -0.1) is 0 Å². The number of phenolic OH excluding ortho intramolecular Hbond substituents is 1. The van der Waals surface area contributed by atoms with Crippen LogP contribution in [0.25, 0.3) is 10.9 Å². The maximum atomic E-state index is 14.6. The molecule has 28 heteroatoms. The largest absolute Gasteiger partial charge is 0.508 e. The fourth-order valence-electron chi connectivity index (χ4n) is 9.38. The summed E-state index contributed by atoms with van der Waals surface area (Å²) in [5.41, 5.74) is 6.93. The van der Waals surface area contributed by atoms with E-state index in [1.807, 2.05) is 18.2 Å². The number of aromatic amines is 1. The second kappa shape index (κ2) is 36.5. The standard InChI is InChI=1S/C66H85N11O17/c1-65(2,3)93-56(83)36-52(62(89)74-49(57(67)84)33-40-17-9-7-10-18-40)75-59(86)48(73-61(88)51(35-43-37-70-46-22-14-13-21-45(43)46)76-63(90)92-39-42-19-11-8-12-20-42)24-16-32-69-54(80)30-29-53(79)68-31-15-23-47(58(85)71-38-55(81)82)72-60(87)50(77-64(91)94-66(4,5)6)34-41-25-27-44(78)28-26-41/h7-14,17-22,25-28,37,47-52,70,78H,15-16,23-24,29-36,38-39H2,1-6H3,(H2,67,84)(H,68,79)(H,69,80)(H,71,85)(H,72,87)(H,73,88)(H,74,89)(H,75,86)(H,76,90)(H,77,91)(H,81,82)/t47-,48-,49-,50-,51-,52-/m0/s1. The van der Waals surface area contributed by atoms with Crippen LogP contribution < -0.4 is 53.6 Å². The number of aromatic nitrogens is 1. The Hall–Kier alpha value is -10.5. The van der Waals surface area contributed by atoms with E-state index in [0.29, 0.717) is 22.3 Å². The van der Waals surface area contributed by atoms with Gasteiger partial charge >= 0.3 is 24.1 Å². The number of ether oxygens (including phenoxy) is 3. The smallest absolute Gasteiger partial charge is 0.408 e. The molecule has 0 aliphatic carbocycles. The number of alkyl carbamates (subject to hydrolysis) is 2. The first kappa shape index (κ1) is 74.2. The Balaban J connectivity index is 1.27. The van der Waals surface area contributed by atoms with Gasteiger partial charge < -0.3 is 83.0 Å². The number of carbonyl (C=O) groups is 12. The van der Waals surface area contributed by atoms with Crippen molar-refractivity contribution in [1.82, 2.24) is 52.8 Å². The van der Waals surface area contributed by atoms with E-state index in [-0.39, 0.29) is 83.2 Å². The van der Waals surface area contributed by atoms with E-state index >= 15 is 0 Å². The number of aliphatic carboxylic acids is 1. The summed E-state index contributed by atoms with van der Waals surface area (Å²) < 4.78 is 16.3. The monoisotopic (exact) mass is 1300 g/mol. The quantitative estimate of drug-likeness (QED) is 0.0157. The van der Waals surface area contributed by atoms with Gasteiger partial charge in [0.25, 0.3) is 0 Å². The highest BCUT2D eigenvalue weighted by atomic mass is 16.6. The number of fused-ring (bicyclic) bond motifs is 1. The topological polar surface area (TPSA) is 423 Å². The first-order valence-electron chi connectivity index (χ1n) is 30.6. The maximum absolute atomic E-state index is 14.6. The van der Waals surface area contributed by atoms with E-state index in [2.05, 4.69) is 52.8 Å². The van der Waals surface area contributed by atoms with Gasteiger partial charge in [0.15, 0.2) is 0 Å². The molecule has 6 atom stereocenters. The molecule has 4 aromatic carbocycles. The number of carbonyl (C=O) groups excluding carboxylic acids is 11. The zero-order chi connectivity index (χ0) is 69.0. The summed E-state index contributed by atoms with van der Waals surface area (Å²) in [6.45, 7) is 8.54. The van der Waals surface area contributed by atoms with E-state index in [4.69, 9.17) is 19.9 Å². The van der Waals surface area contributed by atoms with Crippen LogP contribution in [0.5, 0.6) is 5.75 Å². The fraction of sp³-hybridized carbons (Fsp3) is 0.424. The normalized spacial score (nSPS) is 13.1. The lowest BCUT2D eigenvalue weighted by Gasteiger charge is -2.27. The minimum atomic E-state index is -1.71. The van der Waals surface area contributed by atoms with Gasteiger partial charge in [0.1, 0.15) is 66.4 Å². The molecule has 0 radical (unpaired) electrons. The molecule has 0 spiro atoms. The molecule has 10 amide bonds. The zero-order valence-electron chi connectivity index (χ0n) is 53.4. The number of nitrogens with two attached hydrogens (primary N) is 1. The Bertz CT molecular complexity index is 3410. The van der Waals surface area contributed by atoms with Gasteiger partial charge in [-0.25, -0.2) is 9.59 Å². The molecule has 0 saturated heterocycles. The van der Waals surface area contributed by atoms with Crippen LogP contribution in [-0.2, 0) is 88.0 Å². The molecular formula is C66H85N11O17. The summed E-state index contributed by atoms with van der Waals surface area (Å²) in [5.74, 6) is -8.93. The Morgan fingerprint density at radius 3 is 1.53 bits per heavy atom. The lowest BCUT2D eigenvalue weighted by Crippen LogP contribution is -2.59. The number of primary amides is 1. The second-order valence-electron chi connectivity index (χ2n) is 24.1. The van der Waals surface area contributed by atoms with Gasteiger partial charge in [-0.05, 0) is 108 Å². The summed E-state index contributed by atoms with van der Waals surface area (Å²) in [6, 6.07) is 21.9. The summed E-state index contributed by atoms with van der Waals surface area (Å²) in [7, 11) is 0. The fourth-order valence-corrected chi connectivity index (χ4v) is 9.38. The minimum Gasteiger partial charge on any atom is -0.508 e. The van der Waals surface area contributed by atoms with Crippen LogP contribution >= 0.6 is 0 Å². The van der Waals surface area contributed by atoms with Gasteiger partial charge in [-0.2, -0.15) is 0 Å². The molecule has 14 N–H and O–H groups in total. The molecule has 28 nitrogen and oxygen atoms in total. The number of aromatic hydroxyl groups is 1. The summed E-state index contributed by atoms with van der Waals surface area (Å²) in [4.78, 5) is 163. The third kappa shape index (κ3) is 27.5. The number of rotatable bonds is 35. The highest BCUT2D eigenvalue weighted by Gasteiger charge is 2.35. The number of hydrogen-bond acceptors (Lipinski definition) is 16. The van der Waals surface area contributed by atoms with Crippen LogP contribution in [0.1, 0.15) is 109 Å². The molecule has 0 fully saturated rings. The number of hydrogen-bond donors (Lipinski definition) is 13. The highest BCUT2D eigenvalue weighted by molar-refractivity contribution is 5.97. The molecule has 0 unspecified atom stereocenters. The van der Waals surface area contributed by atoms with Gasteiger partial charge in [0.05, 0.1) is 6.42 Å². The number of esters is 1. The number of phenols is 1. The first-order chi connectivity index (χ1) is 44.5. The van der Waals surface area contributed by atoms with Crippen molar-refractivity contribution in [3.05, 3.63) is 138 Å². The van der Waals surface area contributed by atoms with E-state index in [9.17, 15) is 67.7 Å². The van der Waals surface area contributed by atoms with Crippen molar-refractivity contribution in [2.24, 2.45) is 5.73 Å². The van der Waals surface area contributed by atoms with Crippen molar-refractivity contribution in [2.45, 2.75) is 160 Å². The molecule has 5 aromatic rings. The van der Waals surface area contributed by atoms with Gasteiger partial charge in [-0.1, -0.05) is 91.0 Å². The Kier molecular flexibility index (Phi) is 28.8. The van der Waals surface area contributed by atoms with E-state index in [1.165, 1.54) is 24.3 Å². The van der Waals surface area contributed by atoms with E-state index in [0.717, 1.165) is 10.9 Å². The molecule has 5 rings (SSSR count).